The number of nitrogens with one attached hydrogen (secondary N) is 1. The smallest absolute Gasteiger partial charge is 0.407 e. The Bertz CT molecular complexity index is 1600. The molecule has 2 bridgehead atoms. The minimum absolute atomic E-state index is 0.101. The third-order valence-electron chi connectivity index (χ3n) is 11.7. The van der Waals surface area contributed by atoms with Gasteiger partial charge in [0.05, 0.1) is 23.6 Å². The number of fused-ring (bicyclic) bond motifs is 3. The number of amides is 2. The molecule has 0 spiro atoms. The molecule has 2 aromatic carbocycles. The summed E-state index contributed by atoms with van der Waals surface area (Å²) in [5.74, 6) is 1.65. The first-order valence-electron chi connectivity index (χ1n) is 17.9. The molecule has 5 aliphatic rings. The highest BCUT2D eigenvalue weighted by Crippen LogP contribution is 2.58. The van der Waals surface area contributed by atoms with E-state index in [1.165, 1.54) is 29.0 Å². The number of rotatable bonds is 11. The highest BCUT2D eigenvalue weighted by molar-refractivity contribution is 7.15. The van der Waals surface area contributed by atoms with E-state index in [1.54, 1.807) is 18.4 Å². The highest BCUT2D eigenvalue weighted by Gasteiger charge is 2.50. The fourth-order valence-electron chi connectivity index (χ4n) is 8.54. The van der Waals surface area contributed by atoms with Crippen molar-refractivity contribution in [3.05, 3.63) is 64.8 Å². The Kier molecular flexibility index (Phi) is 9.53. The number of aliphatic hydroxyl groups excluding tert-OH is 1. The summed E-state index contributed by atoms with van der Waals surface area (Å²) in [6.07, 6.45) is 13.3. The van der Waals surface area contributed by atoms with Crippen LogP contribution in [0.4, 0.5) is 10.5 Å². The van der Waals surface area contributed by atoms with E-state index in [0.29, 0.717) is 31.6 Å². The molecule has 256 valence electrons. The zero-order valence-electron chi connectivity index (χ0n) is 28.3. The second-order valence-corrected chi connectivity index (χ2v) is 15.9. The van der Waals surface area contributed by atoms with E-state index in [0.717, 1.165) is 66.9 Å². The molecule has 0 aliphatic heterocycles. The van der Waals surface area contributed by atoms with Crippen molar-refractivity contribution in [1.82, 2.24) is 10.3 Å². The summed E-state index contributed by atoms with van der Waals surface area (Å²) < 4.78 is 11.1. The van der Waals surface area contributed by atoms with E-state index < -0.39 is 6.09 Å². The van der Waals surface area contributed by atoms with Crippen molar-refractivity contribution < 1.29 is 24.2 Å². The van der Waals surface area contributed by atoms with Gasteiger partial charge >= 0.3 is 6.09 Å². The van der Waals surface area contributed by atoms with Crippen LogP contribution in [-0.2, 0) is 14.9 Å². The molecule has 8 nitrogen and oxygen atoms in total. The van der Waals surface area contributed by atoms with Crippen LogP contribution in [0.2, 0.25) is 0 Å². The number of thiazole rings is 1. The molecule has 0 atom stereocenters. The van der Waals surface area contributed by atoms with Gasteiger partial charge in [-0.3, -0.25) is 4.79 Å². The van der Waals surface area contributed by atoms with Gasteiger partial charge in [0.1, 0.15) is 11.9 Å². The first-order chi connectivity index (χ1) is 23.3. The van der Waals surface area contributed by atoms with E-state index in [4.69, 9.17) is 19.6 Å². The largest absolute Gasteiger partial charge is 0.496 e. The number of carbonyl (C=O) groups excluding carboxylic acids is 2. The van der Waals surface area contributed by atoms with Crippen molar-refractivity contribution in [3.63, 3.8) is 0 Å². The zero-order chi connectivity index (χ0) is 33.3. The molecule has 9 heteroatoms. The Morgan fingerprint density at radius 1 is 1.00 bits per heavy atom. The van der Waals surface area contributed by atoms with Crippen LogP contribution < -0.4 is 15.0 Å². The topological polar surface area (TPSA) is 101 Å². The van der Waals surface area contributed by atoms with Gasteiger partial charge in [0.25, 0.3) is 0 Å². The minimum Gasteiger partial charge on any atom is -0.496 e. The van der Waals surface area contributed by atoms with Gasteiger partial charge in [-0.25, -0.2) is 9.78 Å². The van der Waals surface area contributed by atoms with Crippen LogP contribution in [0.3, 0.4) is 0 Å². The molecule has 1 heterocycles. The van der Waals surface area contributed by atoms with E-state index in [2.05, 4.69) is 59.6 Å². The second kappa shape index (κ2) is 13.8. The lowest BCUT2D eigenvalue weighted by molar-refractivity contribution is -0.124. The third kappa shape index (κ3) is 6.86. The minimum atomic E-state index is -0.500. The standard InChI is InChI=1S/C39H49N3O5S/c1-26-22-30(10-13-33(26)46-2)39-17-14-38(15-18-39,16-19-39)25-42(36(44)28-8-11-32(12-9-28)47-37(45)40-20-21-43)31-5-3-4-29(23-31)34-24-41-35(48-34)27-6-7-27/h3-5,10,13,22-24,27-28,32,43H,6-9,11-12,14-21,25H2,1-2H3,(H,40,45)/t28-,32-,38?,39?. The monoisotopic (exact) mass is 671 g/mol. The molecule has 3 aromatic rings. The number of alkyl carbamates (subject to hydrolysis) is 1. The number of aryl methyl sites for hydroxylation is 1. The van der Waals surface area contributed by atoms with Crippen LogP contribution in [0.15, 0.2) is 48.7 Å². The number of carbonyl (C=O) groups is 2. The Labute approximate surface area is 288 Å². The maximum atomic E-state index is 14.6. The van der Waals surface area contributed by atoms with Crippen LogP contribution >= 0.6 is 11.3 Å². The fraction of sp³-hybridized carbons (Fsp3) is 0.564. The first kappa shape index (κ1) is 33.1. The molecule has 0 unspecified atom stereocenters. The number of nitrogens with zero attached hydrogens (tertiary/aromatic N) is 2. The SMILES string of the molecule is COc1ccc(C23CCC(CN(c4cccc(-c5cnc(C6CC6)s5)c4)C(=O)[C@H]4CC[C@H](OC(=O)NCCO)CC4)(CC2)CC3)cc1C. The predicted octanol–water partition coefficient (Wildman–Crippen LogP) is 7.91. The number of methoxy groups -OCH3 is 1. The van der Waals surface area contributed by atoms with Crippen LogP contribution in [0.1, 0.15) is 99.1 Å². The zero-order valence-corrected chi connectivity index (χ0v) is 29.2. The summed E-state index contributed by atoms with van der Waals surface area (Å²) in [7, 11) is 1.74. The number of ether oxygens (including phenoxy) is 2. The number of anilines is 1. The third-order valence-corrected chi connectivity index (χ3v) is 12.9. The van der Waals surface area contributed by atoms with Gasteiger partial charge in [-0.15, -0.1) is 11.3 Å². The number of hydrogen-bond acceptors (Lipinski definition) is 7. The van der Waals surface area contributed by atoms with Crippen molar-refractivity contribution in [2.75, 3.05) is 31.7 Å². The molecule has 5 saturated carbocycles. The molecular formula is C39H49N3O5S. The maximum absolute atomic E-state index is 14.6. The van der Waals surface area contributed by atoms with Crippen LogP contribution in [0, 0.1) is 18.3 Å². The number of aliphatic hydroxyl groups is 1. The number of benzene rings is 2. The van der Waals surface area contributed by atoms with Gasteiger partial charge in [-0.05, 0) is 130 Å². The summed E-state index contributed by atoms with van der Waals surface area (Å²) in [4.78, 5) is 34.7. The molecule has 0 radical (unpaired) electrons. The molecule has 5 aliphatic carbocycles. The van der Waals surface area contributed by atoms with Crippen LogP contribution in [0.25, 0.3) is 10.4 Å². The van der Waals surface area contributed by atoms with Gasteiger partial charge < -0.3 is 24.8 Å². The lowest BCUT2D eigenvalue weighted by Crippen LogP contribution is -2.51. The quantitative estimate of drug-likeness (QED) is 0.215. The van der Waals surface area contributed by atoms with Crippen LogP contribution in [0.5, 0.6) is 5.75 Å². The summed E-state index contributed by atoms with van der Waals surface area (Å²) >= 11 is 1.79. The molecule has 0 saturated heterocycles. The molecular weight excluding hydrogens is 623 g/mol. The van der Waals surface area contributed by atoms with Crippen molar-refractivity contribution in [2.24, 2.45) is 11.3 Å². The van der Waals surface area contributed by atoms with E-state index in [-0.39, 0.29) is 41.9 Å². The van der Waals surface area contributed by atoms with Gasteiger partial charge in [-0.1, -0.05) is 24.3 Å². The molecule has 2 amide bonds. The molecule has 8 rings (SSSR count). The lowest BCUT2D eigenvalue weighted by Gasteiger charge is -2.55. The molecule has 2 N–H and O–H groups in total. The maximum Gasteiger partial charge on any atom is 0.407 e. The molecule has 5 fully saturated rings. The van der Waals surface area contributed by atoms with Crippen molar-refractivity contribution in [2.45, 2.75) is 101 Å². The summed E-state index contributed by atoms with van der Waals surface area (Å²) in [5, 5.41) is 12.8. The number of aromatic nitrogens is 1. The first-order valence-corrected chi connectivity index (χ1v) is 18.7. The van der Waals surface area contributed by atoms with Gasteiger partial charge in [-0.2, -0.15) is 0 Å². The average molecular weight is 672 g/mol. The predicted molar refractivity (Wildman–Crippen MR) is 189 cm³/mol. The lowest BCUT2D eigenvalue weighted by atomic mass is 9.51. The Hall–Kier alpha value is -3.43. The van der Waals surface area contributed by atoms with Gasteiger partial charge in [0.2, 0.25) is 5.91 Å². The van der Waals surface area contributed by atoms with Gasteiger partial charge in [0, 0.05) is 36.8 Å². The molecule has 1 aromatic heterocycles. The fourth-order valence-corrected chi connectivity index (χ4v) is 9.62. The molecule has 48 heavy (non-hydrogen) atoms. The van der Waals surface area contributed by atoms with E-state index in [1.807, 2.05) is 6.20 Å². The van der Waals surface area contributed by atoms with E-state index in [9.17, 15) is 9.59 Å². The van der Waals surface area contributed by atoms with Crippen molar-refractivity contribution >= 4 is 29.0 Å². The van der Waals surface area contributed by atoms with Gasteiger partial charge in [0.15, 0.2) is 0 Å². The Balaban J connectivity index is 1.10. The second-order valence-electron chi connectivity index (χ2n) is 14.8. The van der Waals surface area contributed by atoms with Crippen molar-refractivity contribution in [1.29, 1.82) is 0 Å². The van der Waals surface area contributed by atoms with E-state index >= 15 is 0 Å². The highest BCUT2D eigenvalue weighted by atomic mass is 32.1. The normalized spacial score (nSPS) is 26.6. The van der Waals surface area contributed by atoms with Crippen molar-refractivity contribution in [3.8, 4) is 16.2 Å². The Morgan fingerprint density at radius 2 is 1.75 bits per heavy atom. The average Bonchev–Trinajstić information content (AvgIpc) is 3.86. The summed E-state index contributed by atoms with van der Waals surface area (Å²) in [6.45, 7) is 2.93. The Morgan fingerprint density at radius 3 is 2.42 bits per heavy atom. The van der Waals surface area contributed by atoms with Crippen LogP contribution in [-0.4, -0.2) is 55.0 Å². The number of hydrogen-bond donors (Lipinski definition) is 2. The summed E-state index contributed by atoms with van der Waals surface area (Å²) in [6, 6.07) is 15.3. The summed E-state index contributed by atoms with van der Waals surface area (Å²) in [5.41, 5.74) is 5.04.